The molecule has 0 radical (unpaired) electrons. The number of carbonyl (C=O) groups excluding carboxylic acids is 1. The van der Waals surface area contributed by atoms with E-state index in [-0.39, 0.29) is 17.8 Å². The third-order valence-electron chi connectivity index (χ3n) is 4.44. The summed E-state index contributed by atoms with van der Waals surface area (Å²) in [6, 6.07) is 10.7. The second-order valence-corrected chi connectivity index (χ2v) is 7.09. The van der Waals surface area contributed by atoms with Crippen LogP contribution < -0.4 is 0 Å². The maximum Gasteiger partial charge on any atom is 0.249 e. The Balaban J connectivity index is 1.78. The Morgan fingerprint density at radius 1 is 1.25 bits per heavy atom. The second kappa shape index (κ2) is 7.28. The molecular formula is C19H21FN2OS. The van der Waals surface area contributed by atoms with E-state index in [1.54, 1.807) is 23.5 Å². The van der Waals surface area contributed by atoms with Crippen molar-refractivity contribution in [2.45, 2.75) is 13.0 Å². The van der Waals surface area contributed by atoms with Gasteiger partial charge in [0.15, 0.2) is 0 Å². The number of amides is 1. The number of likely N-dealkylation sites (N-methyl/N-ethyl adjacent to an activating group) is 1. The van der Waals surface area contributed by atoms with Crippen molar-refractivity contribution in [3.05, 3.63) is 63.6 Å². The Morgan fingerprint density at radius 3 is 2.75 bits per heavy atom. The lowest BCUT2D eigenvalue weighted by atomic mass is 10.0. The molecule has 1 saturated heterocycles. The molecule has 126 valence electrons. The molecule has 0 aliphatic carbocycles. The molecule has 3 nitrogen and oxygen atoms in total. The molecule has 0 saturated carbocycles. The Morgan fingerprint density at radius 2 is 2.04 bits per heavy atom. The van der Waals surface area contributed by atoms with Gasteiger partial charge in [0.05, 0.1) is 6.04 Å². The zero-order valence-corrected chi connectivity index (χ0v) is 14.7. The lowest BCUT2D eigenvalue weighted by molar-refractivity contribution is -0.129. The number of benzene rings is 1. The highest BCUT2D eigenvalue weighted by atomic mass is 32.1. The highest BCUT2D eigenvalue weighted by molar-refractivity contribution is 7.10. The molecule has 24 heavy (non-hydrogen) atoms. The topological polar surface area (TPSA) is 23.6 Å². The largest absolute Gasteiger partial charge is 0.336 e. The summed E-state index contributed by atoms with van der Waals surface area (Å²) in [5, 5.41) is 1.99. The van der Waals surface area contributed by atoms with Crippen molar-refractivity contribution in [2.75, 3.05) is 26.7 Å². The normalized spacial score (nSPS) is 19.5. The number of carbonyl (C=O) groups is 1. The molecule has 2 aromatic rings. The van der Waals surface area contributed by atoms with Crippen molar-refractivity contribution in [2.24, 2.45) is 0 Å². The van der Waals surface area contributed by atoms with Gasteiger partial charge in [0, 0.05) is 35.6 Å². The summed E-state index contributed by atoms with van der Waals surface area (Å²) in [6.07, 6.45) is 1.92. The maximum absolute atomic E-state index is 14.1. The van der Waals surface area contributed by atoms with Crippen LogP contribution in [0.5, 0.6) is 0 Å². The van der Waals surface area contributed by atoms with Crippen LogP contribution in [0.1, 0.15) is 23.4 Å². The Hall–Kier alpha value is -1.98. The molecule has 1 atom stereocenters. The lowest BCUT2D eigenvalue weighted by Gasteiger charge is -2.40. The molecule has 0 N–H and O–H groups in total. The minimum Gasteiger partial charge on any atom is -0.336 e. The van der Waals surface area contributed by atoms with Crippen molar-refractivity contribution >= 4 is 23.3 Å². The standard InChI is InChI=1S/C19H21FN2OS/c1-14(12-15-6-5-11-24-15)19(23)22-10-9-21(2)18(13-22)16-7-3-4-8-17(16)20/h3-8,11-12,18H,9-10,13H2,1-2H3/b14-12+. The van der Waals surface area contributed by atoms with E-state index in [0.29, 0.717) is 24.2 Å². The molecule has 3 rings (SSSR count). The third kappa shape index (κ3) is 3.57. The molecule has 1 aliphatic heterocycles. The number of halogens is 1. The summed E-state index contributed by atoms with van der Waals surface area (Å²) in [5.74, 6) is -0.188. The van der Waals surface area contributed by atoms with Crippen LogP contribution in [0, 0.1) is 5.82 Å². The van der Waals surface area contributed by atoms with Crippen molar-refractivity contribution in [1.29, 1.82) is 0 Å². The molecule has 1 amide bonds. The molecule has 1 aromatic carbocycles. The van der Waals surface area contributed by atoms with E-state index in [4.69, 9.17) is 0 Å². The van der Waals surface area contributed by atoms with Gasteiger partial charge in [-0.05, 0) is 37.6 Å². The van der Waals surface area contributed by atoms with Crippen LogP contribution in [0.4, 0.5) is 4.39 Å². The van der Waals surface area contributed by atoms with Gasteiger partial charge in [-0.15, -0.1) is 11.3 Å². The molecule has 5 heteroatoms. The fourth-order valence-electron chi connectivity index (χ4n) is 3.04. The van der Waals surface area contributed by atoms with Gasteiger partial charge in [0.1, 0.15) is 5.82 Å². The minimum absolute atomic E-state index is 0.0258. The average molecular weight is 344 g/mol. The number of piperazine rings is 1. The van der Waals surface area contributed by atoms with Crippen molar-refractivity contribution < 1.29 is 9.18 Å². The van der Waals surface area contributed by atoms with Gasteiger partial charge >= 0.3 is 0 Å². The minimum atomic E-state index is -0.213. The maximum atomic E-state index is 14.1. The smallest absolute Gasteiger partial charge is 0.249 e. The number of hydrogen-bond donors (Lipinski definition) is 0. The van der Waals surface area contributed by atoms with Gasteiger partial charge in [-0.25, -0.2) is 4.39 Å². The summed E-state index contributed by atoms with van der Waals surface area (Å²) < 4.78 is 14.1. The first-order chi connectivity index (χ1) is 11.6. The molecule has 0 bridgehead atoms. The summed E-state index contributed by atoms with van der Waals surface area (Å²) in [4.78, 5) is 17.8. The number of hydrogen-bond acceptors (Lipinski definition) is 3. The first-order valence-electron chi connectivity index (χ1n) is 8.02. The van der Waals surface area contributed by atoms with Crippen molar-refractivity contribution in [3.8, 4) is 0 Å². The summed E-state index contributed by atoms with van der Waals surface area (Å²) >= 11 is 1.61. The summed E-state index contributed by atoms with van der Waals surface area (Å²) in [7, 11) is 1.98. The monoisotopic (exact) mass is 344 g/mol. The quantitative estimate of drug-likeness (QED) is 0.791. The zero-order chi connectivity index (χ0) is 17.1. The third-order valence-corrected chi connectivity index (χ3v) is 5.26. The van der Waals surface area contributed by atoms with Gasteiger partial charge in [-0.2, -0.15) is 0 Å². The van der Waals surface area contributed by atoms with Crippen LogP contribution in [0.25, 0.3) is 6.08 Å². The van der Waals surface area contributed by atoms with Gasteiger partial charge in [-0.3, -0.25) is 9.69 Å². The van der Waals surface area contributed by atoms with Gasteiger partial charge in [0.25, 0.3) is 0 Å². The molecule has 1 aromatic heterocycles. The molecule has 1 fully saturated rings. The first kappa shape index (κ1) is 16.9. The van der Waals surface area contributed by atoms with E-state index in [2.05, 4.69) is 4.90 Å². The van der Waals surface area contributed by atoms with E-state index >= 15 is 0 Å². The fraction of sp³-hybridized carbons (Fsp3) is 0.316. The SMILES string of the molecule is C/C(=C\c1cccs1)C(=O)N1CCN(C)C(c2ccccc2F)C1. The van der Waals surface area contributed by atoms with E-state index < -0.39 is 0 Å². The summed E-state index contributed by atoms with van der Waals surface area (Å²) in [5.41, 5.74) is 1.37. The molecule has 1 unspecified atom stereocenters. The first-order valence-corrected chi connectivity index (χ1v) is 8.90. The predicted octanol–water partition coefficient (Wildman–Crippen LogP) is 3.81. The van der Waals surface area contributed by atoms with E-state index in [1.807, 2.05) is 48.5 Å². The Labute approximate surface area is 146 Å². The van der Waals surface area contributed by atoms with Crippen LogP contribution in [-0.4, -0.2) is 42.4 Å². The van der Waals surface area contributed by atoms with E-state index in [0.717, 1.165) is 11.4 Å². The van der Waals surface area contributed by atoms with Gasteiger partial charge in [0.2, 0.25) is 5.91 Å². The van der Waals surface area contributed by atoms with Crippen LogP contribution in [0.2, 0.25) is 0 Å². The van der Waals surface area contributed by atoms with Gasteiger partial charge in [-0.1, -0.05) is 24.3 Å². The summed E-state index contributed by atoms with van der Waals surface area (Å²) in [6.45, 7) is 3.75. The number of nitrogens with zero attached hydrogens (tertiary/aromatic N) is 2. The highest BCUT2D eigenvalue weighted by Gasteiger charge is 2.30. The Bertz CT molecular complexity index is 742. The lowest BCUT2D eigenvalue weighted by Crippen LogP contribution is -2.49. The van der Waals surface area contributed by atoms with E-state index in [9.17, 15) is 9.18 Å². The zero-order valence-electron chi connectivity index (χ0n) is 13.9. The number of thiophene rings is 1. The van der Waals surface area contributed by atoms with Crippen LogP contribution in [0.15, 0.2) is 47.4 Å². The predicted molar refractivity (Wildman–Crippen MR) is 96.3 cm³/mol. The second-order valence-electron chi connectivity index (χ2n) is 6.11. The molecular weight excluding hydrogens is 323 g/mol. The van der Waals surface area contributed by atoms with Crippen LogP contribution in [-0.2, 0) is 4.79 Å². The van der Waals surface area contributed by atoms with Crippen molar-refractivity contribution in [1.82, 2.24) is 9.80 Å². The average Bonchev–Trinajstić information content (AvgIpc) is 3.08. The van der Waals surface area contributed by atoms with Gasteiger partial charge < -0.3 is 4.90 Å². The molecule has 1 aliphatic rings. The Kier molecular flexibility index (Phi) is 5.11. The fourth-order valence-corrected chi connectivity index (χ4v) is 3.75. The highest BCUT2D eigenvalue weighted by Crippen LogP contribution is 2.27. The number of rotatable bonds is 3. The molecule has 0 spiro atoms. The van der Waals surface area contributed by atoms with Crippen molar-refractivity contribution in [3.63, 3.8) is 0 Å². The van der Waals surface area contributed by atoms with E-state index in [1.165, 1.54) is 6.07 Å². The molecule has 2 heterocycles. The van der Waals surface area contributed by atoms with Crippen LogP contribution in [0.3, 0.4) is 0 Å². The van der Waals surface area contributed by atoms with Crippen LogP contribution >= 0.6 is 11.3 Å².